The Labute approximate surface area is 228 Å². The van der Waals surface area contributed by atoms with Crippen LogP contribution in [0.4, 0.5) is 0 Å². The monoisotopic (exact) mass is 612 g/mol. The number of hydrogen-bond acceptors (Lipinski definition) is 5. The highest BCUT2D eigenvalue weighted by atomic mass is 79.9. The molecule has 0 saturated heterocycles. The zero-order valence-electron chi connectivity index (χ0n) is 20.4. The number of aromatic nitrogens is 4. The Kier molecular flexibility index (Phi) is 8.56. The highest BCUT2D eigenvalue weighted by Crippen LogP contribution is 2.38. The summed E-state index contributed by atoms with van der Waals surface area (Å²) in [6, 6.07) is 16.2. The van der Waals surface area contributed by atoms with Crippen LogP contribution in [0.2, 0.25) is 0 Å². The molecule has 2 aromatic heterocycles. The average Bonchev–Trinajstić information content (AvgIpc) is 3.47. The second-order valence-electron chi connectivity index (χ2n) is 8.76. The first-order valence-corrected chi connectivity index (χ1v) is 14.0. The molecule has 0 saturated carbocycles. The van der Waals surface area contributed by atoms with Crippen LogP contribution in [0.5, 0.6) is 0 Å². The molecular formula is C27H30Br2N6O. The highest BCUT2D eigenvalue weighted by molar-refractivity contribution is 9.09. The van der Waals surface area contributed by atoms with E-state index < -0.39 is 11.8 Å². The third kappa shape index (κ3) is 5.11. The van der Waals surface area contributed by atoms with E-state index in [9.17, 15) is 4.79 Å². The fraction of sp³-hybridized carbons (Fsp3) is 0.296. The van der Waals surface area contributed by atoms with Gasteiger partial charge < -0.3 is 11.5 Å². The smallest absolute Gasteiger partial charge is 0.149 e. The molecule has 2 atom stereocenters. The summed E-state index contributed by atoms with van der Waals surface area (Å²) in [6.45, 7) is 0.965. The van der Waals surface area contributed by atoms with Gasteiger partial charge in [0.2, 0.25) is 0 Å². The van der Waals surface area contributed by atoms with Crippen molar-refractivity contribution in [3.63, 3.8) is 0 Å². The van der Waals surface area contributed by atoms with Crippen LogP contribution in [0.25, 0.3) is 22.5 Å². The molecule has 188 valence electrons. The summed E-state index contributed by atoms with van der Waals surface area (Å²) in [4.78, 5) is 14.1. The molecule has 0 aliphatic carbocycles. The van der Waals surface area contributed by atoms with Crippen molar-refractivity contribution >= 4 is 37.6 Å². The standard InChI is InChI=1S/C27H30Br2N6O/c1-34-25(19-7-3-17(13-30)4-8-19)23(15-32-34)21(11-28)27(36)22(12-29)24-16-33-35(2)26(24)20-9-5-18(14-31)6-10-20/h3-10,15-16,21-22H,11-14,30-31H2,1-2H3. The van der Waals surface area contributed by atoms with Crippen LogP contribution in [0.15, 0.2) is 60.9 Å². The Balaban J connectivity index is 1.73. The summed E-state index contributed by atoms with van der Waals surface area (Å²) < 4.78 is 3.65. The molecular weight excluding hydrogens is 584 g/mol. The van der Waals surface area contributed by atoms with E-state index in [1.807, 2.05) is 72.0 Å². The number of carbonyl (C=O) groups excluding carboxylic acids is 1. The minimum absolute atomic E-state index is 0.101. The van der Waals surface area contributed by atoms with Crippen LogP contribution in [0.1, 0.15) is 34.1 Å². The number of hydrogen-bond donors (Lipinski definition) is 2. The van der Waals surface area contributed by atoms with E-state index in [-0.39, 0.29) is 5.78 Å². The first kappa shape index (κ1) is 26.5. The van der Waals surface area contributed by atoms with Gasteiger partial charge in [-0.2, -0.15) is 10.2 Å². The van der Waals surface area contributed by atoms with Crippen LogP contribution >= 0.6 is 31.9 Å². The fourth-order valence-electron chi connectivity index (χ4n) is 4.59. The molecule has 0 spiro atoms. The molecule has 0 fully saturated rings. The predicted octanol–water partition coefficient (Wildman–Crippen LogP) is 4.63. The van der Waals surface area contributed by atoms with Crippen LogP contribution < -0.4 is 11.5 Å². The Morgan fingerprint density at radius 2 is 1.11 bits per heavy atom. The summed E-state index contributed by atoms with van der Waals surface area (Å²) >= 11 is 7.25. The molecule has 2 aromatic carbocycles. The van der Waals surface area contributed by atoms with E-state index in [0.29, 0.717) is 23.7 Å². The number of aryl methyl sites for hydroxylation is 2. The van der Waals surface area contributed by atoms with Crippen LogP contribution in [-0.4, -0.2) is 36.0 Å². The number of benzene rings is 2. The Hall–Kier alpha value is -2.59. The number of nitrogens with two attached hydrogens (primary N) is 2. The largest absolute Gasteiger partial charge is 0.326 e. The Bertz CT molecular complexity index is 1230. The summed E-state index contributed by atoms with van der Waals surface area (Å²) in [5.74, 6) is -0.680. The van der Waals surface area contributed by atoms with Crippen molar-refractivity contribution in [3.8, 4) is 22.5 Å². The first-order chi connectivity index (χ1) is 17.4. The molecule has 0 aliphatic heterocycles. The number of Topliss-reactive ketones (excluding diaryl/α,β-unsaturated/α-hetero) is 1. The van der Waals surface area contributed by atoms with Crippen molar-refractivity contribution in [1.82, 2.24) is 19.6 Å². The van der Waals surface area contributed by atoms with E-state index in [1.165, 1.54) is 0 Å². The van der Waals surface area contributed by atoms with Gasteiger partial charge in [0.05, 0.1) is 35.6 Å². The zero-order chi connectivity index (χ0) is 25.8. The summed E-state index contributed by atoms with van der Waals surface area (Å²) in [6.07, 6.45) is 3.61. The van der Waals surface area contributed by atoms with E-state index in [2.05, 4.69) is 42.1 Å². The number of halogens is 2. The topological polar surface area (TPSA) is 105 Å². The lowest BCUT2D eigenvalue weighted by Crippen LogP contribution is -2.24. The Morgan fingerprint density at radius 3 is 1.42 bits per heavy atom. The van der Waals surface area contributed by atoms with Crippen molar-refractivity contribution in [2.24, 2.45) is 25.6 Å². The lowest BCUT2D eigenvalue weighted by atomic mass is 9.84. The number of nitrogens with zero attached hydrogens (tertiary/aromatic N) is 4. The highest BCUT2D eigenvalue weighted by Gasteiger charge is 2.33. The minimum Gasteiger partial charge on any atom is -0.326 e. The average molecular weight is 614 g/mol. The molecule has 2 heterocycles. The van der Waals surface area contributed by atoms with E-state index >= 15 is 0 Å². The molecule has 7 nitrogen and oxygen atoms in total. The summed E-state index contributed by atoms with van der Waals surface area (Å²) in [5.41, 5.74) is 19.3. The molecule has 0 bridgehead atoms. The lowest BCUT2D eigenvalue weighted by Gasteiger charge is -2.21. The van der Waals surface area contributed by atoms with E-state index in [0.717, 1.165) is 44.8 Å². The second kappa shape index (κ2) is 11.6. The molecule has 4 N–H and O–H groups in total. The minimum atomic E-state index is -0.391. The van der Waals surface area contributed by atoms with Gasteiger partial charge in [0, 0.05) is 60.1 Å². The van der Waals surface area contributed by atoms with Crippen molar-refractivity contribution in [3.05, 3.63) is 83.2 Å². The van der Waals surface area contributed by atoms with Gasteiger partial charge in [-0.15, -0.1) is 0 Å². The van der Waals surface area contributed by atoms with Gasteiger partial charge in [0.1, 0.15) is 5.78 Å². The first-order valence-electron chi connectivity index (χ1n) is 11.7. The van der Waals surface area contributed by atoms with Gasteiger partial charge in [-0.1, -0.05) is 80.4 Å². The van der Waals surface area contributed by atoms with Crippen LogP contribution in [0, 0.1) is 0 Å². The van der Waals surface area contributed by atoms with Crippen molar-refractivity contribution < 1.29 is 4.79 Å². The third-order valence-corrected chi connectivity index (χ3v) is 7.90. The summed E-state index contributed by atoms with van der Waals surface area (Å²) in [7, 11) is 3.80. The second-order valence-corrected chi connectivity index (χ2v) is 10.1. The van der Waals surface area contributed by atoms with Gasteiger partial charge in [-0.25, -0.2) is 0 Å². The normalized spacial score (nSPS) is 13.1. The maximum atomic E-state index is 14.1. The van der Waals surface area contributed by atoms with E-state index in [1.54, 1.807) is 12.4 Å². The van der Waals surface area contributed by atoms with Crippen molar-refractivity contribution in [1.29, 1.82) is 0 Å². The molecule has 4 aromatic rings. The SMILES string of the molecule is Cn1ncc(C(CBr)C(=O)C(CBr)c2cnn(C)c2-c2ccc(CN)cc2)c1-c1ccc(CN)cc1. The molecule has 9 heteroatoms. The van der Waals surface area contributed by atoms with Gasteiger partial charge in [-0.3, -0.25) is 14.2 Å². The van der Waals surface area contributed by atoms with E-state index in [4.69, 9.17) is 11.5 Å². The molecule has 0 aliphatic rings. The maximum Gasteiger partial charge on any atom is 0.149 e. The van der Waals surface area contributed by atoms with Gasteiger partial charge in [0.25, 0.3) is 0 Å². The predicted molar refractivity (Wildman–Crippen MR) is 151 cm³/mol. The van der Waals surface area contributed by atoms with Gasteiger partial charge in [0.15, 0.2) is 0 Å². The number of rotatable bonds is 10. The summed E-state index contributed by atoms with van der Waals surface area (Å²) in [5, 5.41) is 9.99. The fourth-order valence-corrected chi connectivity index (χ4v) is 5.93. The van der Waals surface area contributed by atoms with Gasteiger partial charge >= 0.3 is 0 Å². The number of alkyl halides is 2. The van der Waals surface area contributed by atoms with Crippen LogP contribution in [-0.2, 0) is 32.0 Å². The zero-order valence-corrected chi connectivity index (χ0v) is 23.5. The number of carbonyl (C=O) groups is 1. The Morgan fingerprint density at radius 1 is 0.750 bits per heavy atom. The molecule has 36 heavy (non-hydrogen) atoms. The molecule has 4 rings (SSSR count). The quantitative estimate of drug-likeness (QED) is 0.254. The molecule has 2 unspecified atom stereocenters. The number of ketones is 1. The lowest BCUT2D eigenvalue weighted by molar-refractivity contribution is -0.120. The maximum absolute atomic E-state index is 14.1. The van der Waals surface area contributed by atoms with Crippen molar-refractivity contribution in [2.45, 2.75) is 24.9 Å². The van der Waals surface area contributed by atoms with Gasteiger partial charge in [-0.05, 0) is 11.1 Å². The molecule has 0 amide bonds. The van der Waals surface area contributed by atoms with Crippen molar-refractivity contribution in [2.75, 3.05) is 10.7 Å². The third-order valence-electron chi connectivity index (χ3n) is 6.61. The molecule has 0 radical (unpaired) electrons. The van der Waals surface area contributed by atoms with Crippen LogP contribution in [0.3, 0.4) is 0 Å².